The molecule has 0 bridgehead atoms. The molecule has 8 heteroatoms. The second-order valence-corrected chi connectivity index (χ2v) is 7.02. The van der Waals surface area contributed by atoms with E-state index in [2.05, 4.69) is 9.71 Å². The molecule has 0 fully saturated rings. The molecular formula is C16H13F3N2O2S. The van der Waals surface area contributed by atoms with Crippen molar-refractivity contribution in [2.45, 2.75) is 17.6 Å². The normalized spacial score (nSPS) is 12.6. The molecule has 24 heavy (non-hydrogen) atoms. The zero-order valence-electron chi connectivity index (χ0n) is 12.3. The van der Waals surface area contributed by atoms with Crippen molar-refractivity contribution in [1.29, 1.82) is 0 Å². The first kappa shape index (κ1) is 16.5. The molecule has 0 spiro atoms. The molecule has 3 rings (SSSR count). The minimum absolute atomic E-state index is 0.0142. The molecule has 3 aromatic rings. The number of nitrogens with one attached hydrogen (secondary N) is 2. The maximum atomic E-state index is 12.7. The van der Waals surface area contributed by atoms with E-state index < -0.39 is 26.7 Å². The van der Waals surface area contributed by atoms with Gasteiger partial charge in [-0.25, -0.2) is 13.1 Å². The Kier molecular flexibility index (Phi) is 4.10. The van der Waals surface area contributed by atoms with Gasteiger partial charge in [-0.2, -0.15) is 13.2 Å². The third kappa shape index (κ3) is 3.44. The first-order valence-corrected chi connectivity index (χ1v) is 8.47. The summed E-state index contributed by atoms with van der Waals surface area (Å²) < 4.78 is 64.9. The van der Waals surface area contributed by atoms with Crippen LogP contribution in [0, 0.1) is 0 Å². The van der Waals surface area contributed by atoms with Gasteiger partial charge < -0.3 is 4.98 Å². The number of rotatable bonds is 4. The second kappa shape index (κ2) is 5.95. The van der Waals surface area contributed by atoms with Gasteiger partial charge in [-0.3, -0.25) is 0 Å². The fourth-order valence-electron chi connectivity index (χ4n) is 2.31. The van der Waals surface area contributed by atoms with Gasteiger partial charge in [0.25, 0.3) is 0 Å². The lowest BCUT2D eigenvalue weighted by atomic mass is 10.1. The topological polar surface area (TPSA) is 62.0 Å². The van der Waals surface area contributed by atoms with Gasteiger partial charge in [0.05, 0.1) is 10.5 Å². The Morgan fingerprint density at radius 2 is 1.83 bits per heavy atom. The molecule has 1 aromatic heterocycles. The third-order valence-electron chi connectivity index (χ3n) is 3.56. The Morgan fingerprint density at radius 3 is 2.58 bits per heavy atom. The minimum Gasteiger partial charge on any atom is -0.361 e. The fourth-order valence-corrected chi connectivity index (χ4v) is 3.38. The van der Waals surface area contributed by atoms with Gasteiger partial charge in [0.1, 0.15) is 0 Å². The van der Waals surface area contributed by atoms with E-state index in [1.807, 2.05) is 12.1 Å². The van der Waals surface area contributed by atoms with Crippen LogP contribution in [0.15, 0.2) is 59.6 Å². The van der Waals surface area contributed by atoms with E-state index in [1.54, 1.807) is 18.3 Å². The number of alkyl halides is 3. The molecule has 0 aliphatic carbocycles. The lowest BCUT2D eigenvalue weighted by Crippen LogP contribution is -2.23. The van der Waals surface area contributed by atoms with E-state index in [9.17, 15) is 21.6 Å². The van der Waals surface area contributed by atoms with Crippen molar-refractivity contribution in [3.8, 4) is 0 Å². The van der Waals surface area contributed by atoms with Crippen molar-refractivity contribution in [2.24, 2.45) is 0 Å². The summed E-state index contributed by atoms with van der Waals surface area (Å²) in [5.74, 6) is 0. The Morgan fingerprint density at radius 1 is 1.04 bits per heavy atom. The van der Waals surface area contributed by atoms with Gasteiger partial charge in [0, 0.05) is 18.3 Å². The van der Waals surface area contributed by atoms with E-state index in [1.165, 1.54) is 0 Å². The van der Waals surface area contributed by atoms with Crippen molar-refractivity contribution in [1.82, 2.24) is 9.71 Å². The van der Waals surface area contributed by atoms with Crippen LogP contribution in [0.2, 0.25) is 0 Å². The van der Waals surface area contributed by atoms with E-state index in [0.717, 1.165) is 29.1 Å². The number of benzene rings is 2. The minimum atomic E-state index is -4.59. The summed E-state index contributed by atoms with van der Waals surface area (Å²) in [4.78, 5) is 2.60. The predicted octanol–water partition coefficient (Wildman–Crippen LogP) is 3.67. The quantitative estimate of drug-likeness (QED) is 0.751. The van der Waals surface area contributed by atoms with Crippen LogP contribution < -0.4 is 4.72 Å². The largest absolute Gasteiger partial charge is 0.416 e. The van der Waals surface area contributed by atoms with Gasteiger partial charge in [-0.1, -0.05) is 12.1 Å². The SMILES string of the molecule is O=S(=O)(NCc1ccc2[nH]ccc2c1)c1cccc(C(F)(F)F)c1. The predicted molar refractivity (Wildman–Crippen MR) is 83.8 cm³/mol. The molecule has 0 saturated carbocycles. The molecule has 2 aromatic carbocycles. The number of sulfonamides is 1. The zero-order chi connectivity index (χ0) is 17.4. The van der Waals surface area contributed by atoms with Crippen LogP contribution in [0.1, 0.15) is 11.1 Å². The van der Waals surface area contributed by atoms with Crippen molar-refractivity contribution in [2.75, 3.05) is 0 Å². The van der Waals surface area contributed by atoms with Gasteiger partial charge in [-0.05, 0) is 47.3 Å². The number of hydrogen-bond acceptors (Lipinski definition) is 2. The van der Waals surface area contributed by atoms with Gasteiger partial charge in [-0.15, -0.1) is 0 Å². The molecule has 2 N–H and O–H groups in total. The lowest BCUT2D eigenvalue weighted by Gasteiger charge is -2.10. The summed E-state index contributed by atoms with van der Waals surface area (Å²) in [5.41, 5.74) is 0.622. The van der Waals surface area contributed by atoms with Crippen molar-refractivity contribution >= 4 is 20.9 Å². The van der Waals surface area contributed by atoms with Gasteiger partial charge in [0.2, 0.25) is 10.0 Å². The number of aromatic amines is 1. The number of fused-ring (bicyclic) bond motifs is 1. The third-order valence-corrected chi connectivity index (χ3v) is 4.95. The summed E-state index contributed by atoms with van der Waals surface area (Å²) >= 11 is 0. The molecule has 4 nitrogen and oxygen atoms in total. The number of aromatic nitrogens is 1. The van der Waals surface area contributed by atoms with Crippen LogP contribution in [-0.4, -0.2) is 13.4 Å². The number of H-pyrrole nitrogens is 1. The van der Waals surface area contributed by atoms with Crippen LogP contribution in [-0.2, 0) is 22.7 Å². The zero-order valence-corrected chi connectivity index (χ0v) is 13.1. The van der Waals surface area contributed by atoms with Crippen LogP contribution in [0.4, 0.5) is 13.2 Å². The van der Waals surface area contributed by atoms with Crippen molar-refractivity contribution < 1.29 is 21.6 Å². The highest BCUT2D eigenvalue weighted by atomic mass is 32.2. The van der Waals surface area contributed by atoms with Crippen LogP contribution in [0.3, 0.4) is 0 Å². The van der Waals surface area contributed by atoms with E-state index in [4.69, 9.17) is 0 Å². The molecule has 1 heterocycles. The lowest BCUT2D eigenvalue weighted by molar-refractivity contribution is -0.137. The van der Waals surface area contributed by atoms with Crippen molar-refractivity contribution in [3.05, 3.63) is 65.9 Å². The molecule has 0 atom stereocenters. The summed E-state index contributed by atoms with van der Waals surface area (Å²) in [6.07, 6.45) is -2.83. The molecule has 0 unspecified atom stereocenters. The highest BCUT2D eigenvalue weighted by molar-refractivity contribution is 7.89. The highest BCUT2D eigenvalue weighted by Crippen LogP contribution is 2.30. The monoisotopic (exact) mass is 354 g/mol. The molecule has 0 saturated heterocycles. The summed E-state index contributed by atoms with van der Waals surface area (Å²) in [7, 11) is -4.04. The summed E-state index contributed by atoms with van der Waals surface area (Å²) in [6, 6.07) is 10.9. The van der Waals surface area contributed by atoms with Crippen LogP contribution in [0.25, 0.3) is 10.9 Å². The second-order valence-electron chi connectivity index (χ2n) is 5.25. The summed E-state index contributed by atoms with van der Waals surface area (Å²) in [5, 5.41) is 0.922. The average Bonchev–Trinajstić information content (AvgIpc) is 3.00. The molecule has 0 aliphatic heterocycles. The fraction of sp³-hybridized carbons (Fsp3) is 0.125. The average molecular weight is 354 g/mol. The molecule has 0 amide bonds. The Balaban J connectivity index is 1.81. The first-order valence-electron chi connectivity index (χ1n) is 6.99. The molecule has 0 aliphatic rings. The van der Waals surface area contributed by atoms with Crippen LogP contribution >= 0.6 is 0 Å². The number of hydrogen-bond donors (Lipinski definition) is 2. The summed E-state index contributed by atoms with van der Waals surface area (Å²) in [6.45, 7) is -0.0142. The van der Waals surface area contributed by atoms with E-state index in [0.29, 0.717) is 11.6 Å². The Labute approximate surface area is 136 Å². The first-order chi connectivity index (χ1) is 11.3. The van der Waals surface area contributed by atoms with Gasteiger partial charge in [0.15, 0.2) is 0 Å². The van der Waals surface area contributed by atoms with Crippen molar-refractivity contribution in [3.63, 3.8) is 0 Å². The standard InChI is InChI=1S/C16H13F3N2O2S/c17-16(18,19)13-2-1-3-14(9-13)24(22,23)21-10-11-4-5-15-12(8-11)6-7-20-15/h1-9,20-21H,10H2. The van der Waals surface area contributed by atoms with E-state index in [-0.39, 0.29) is 6.54 Å². The maximum absolute atomic E-state index is 12.7. The molecule has 126 valence electrons. The number of halogens is 3. The highest BCUT2D eigenvalue weighted by Gasteiger charge is 2.31. The van der Waals surface area contributed by atoms with Crippen LogP contribution in [0.5, 0.6) is 0 Å². The Bertz CT molecular complexity index is 978. The Hall–Kier alpha value is -2.32. The van der Waals surface area contributed by atoms with E-state index >= 15 is 0 Å². The molecule has 0 radical (unpaired) electrons. The smallest absolute Gasteiger partial charge is 0.361 e. The maximum Gasteiger partial charge on any atom is 0.416 e. The van der Waals surface area contributed by atoms with Gasteiger partial charge >= 0.3 is 6.18 Å². The molecular weight excluding hydrogens is 341 g/mol.